The summed E-state index contributed by atoms with van der Waals surface area (Å²) in [4.78, 5) is 43.5. The number of carbonyl (C=O) groups excluding carboxylic acids is 2. The van der Waals surface area contributed by atoms with Gasteiger partial charge in [0.2, 0.25) is 11.8 Å². The third-order valence-corrected chi connectivity index (χ3v) is 7.25. The second kappa shape index (κ2) is 9.65. The Bertz CT molecular complexity index is 1100. The Labute approximate surface area is 194 Å². The molecule has 2 aliphatic heterocycles. The van der Waals surface area contributed by atoms with Crippen molar-refractivity contribution in [3.8, 4) is 0 Å². The Kier molecular flexibility index (Phi) is 6.86. The molecule has 2 aliphatic rings. The van der Waals surface area contributed by atoms with E-state index in [4.69, 9.17) is 0 Å². The van der Waals surface area contributed by atoms with Crippen LogP contribution in [0.5, 0.6) is 0 Å². The summed E-state index contributed by atoms with van der Waals surface area (Å²) in [7, 11) is 0. The summed E-state index contributed by atoms with van der Waals surface area (Å²) in [5.41, 5.74) is 2.52. The van der Waals surface area contributed by atoms with E-state index >= 15 is 0 Å². The molecule has 2 fully saturated rings. The fourth-order valence-corrected chi connectivity index (χ4v) is 5.30. The number of nitrogens with zero attached hydrogens (tertiary/aromatic N) is 4. The highest BCUT2D eigenvalue weighted by Gasteiger charge is 2.33. The van der Waals surface area contributed by atoms with Crippen LogP contribution in [0.4, 0.5) is 0 Å². The highest BCUT2D eigenvalue weighted by molar-refractivity contribution is 5.87. The summed E-state index contributed by atoms with van der Waals surface area (Å²) in [5, 5.41) is 11.8. The fraction of sp³-hybridized carbons (Fsp3) is 0.560. The number of aliphatic hydroxyl groups excluding tert-OH is 1. The number of piperazine rings is 1. The number of carbonyl (C=O) groups is 2. The van der Waals surface area contributed by atoms with E-state index in [1.54, 1.807) is 22.5 Å². The predicted molar refractivity (Wildman–Crippen MR) is 127 cm³/mol. The SMILES string of the molecule is CC(=O)N1CCN([C@H]2CCN(C(=O)Cn3c(=O)cc(C)c4cccc(C)c43)CC[C@@H]2O)CC1. The third kappa shape index (κ3) is 4.82. The topological polar surface area (TPSA) is 86.1 Å². The Morgan fingerprint density at radius 1 is 0.970 bits per heavy atom. The van der Waals surface area contributed by atoms with E-state index < -0.39 is 6.10 Å². The number of para-hydroxylation sites is 1. The van der Waals surface area contributed by atoms with Gasteiger partial charge in [-0.25, -0.2) is 0 Å². The molecule has 0 saturated carbocycles. The van der Waals surface area contributed by atoms with Gasteiger partial charge in [0.25, 0.3) is 5.56 Å². The van der Waals surface area contributed by atoms with Gasteiger partial charge in [-0.2, -0.15) is 0 Å². The zero-order chi connectivity index (χ0) is 23.7. The first-order valence-electron chi connectivity index (χ1n) is 11.8. The minimum atomic E-state index is -0.517. The molecule has 2 aromatic rings. The van der Waals surface area contributed by atoms with Gasteiger partial charge in [-0.3, -0.25) is 23.9 Å². The molecule has 2 saturated heterocycles. The number of fused-ring (bicyclic) bond motifs is 1. The van der Waals surface area contributed by atoms with Crippen LogP contribution >= 0.6 is 0 Å². The van der Waals surface area contributed by atoms with Gasteiger partial charge < -0.3 is 14.9 Å². The van der Waals surface area contributed by atoms with Gasteiger partial charge >= 0.3 is 0 Å². The van der Waals surface area contributed by atoms with Gasteiger partial charge in [0.15, 0.2) is 0 Å². The third-order valence-electron chi connectivity index (χ3n) is 7.25. The van der Waals surface area contributed by atoms with Crippen molar-refractivity contribution in [1.29, 1.82) is 0 Å². The predicted octanol–water partition coefficient (Wildman–Crippen LogP) is 1.13. The molecule has 1 N–H and O–H groups in total. The van der Waals surface area contributed by atoms with Crippen molar-refractivity contribution in [2.75, 3.05) is 39.3 Å². The lowest BCUT2D eigenvalue weighted by atomic mass is 10.0. The molecule has 33 heavy (non-hydrogen) atoms. The lowest BCUT2D eigenvalue weighted by Crippen LogP contribution is -2.54. The maximum Gasteiger partial charge on any atom is 0.251 e. The molecule has 8 heteroatoms. The molecule has 0 spiro atoms. The highest BCUT2D eigenvalue weighted by atomic mass is 16.3. The normalized spacial score (nSPS) is 22.4. The van der Waals surface area contributed by atoms with Gasteiger partial charge in [0, 0.05) is 63.7 Å². The molecular weight excluding hydrogens is 420 g/mol. The summed E-state index contributed by atoms with van der Waals surface area (Å²) in [5.74, 6) is -0.0123. The largest absolute Gasteiger partial charge is 0.391 e. The lowest BCUT2D eigenvalue weighted by Gasteiger charge is -2.40. The van der Waals surface area contributed by atoms with Crippen molar-refractivity contribution in [3.05, 3.63) is 45.7 Å². The van der Waals surface area contributed by atoms with Crippen LogP contribution in [0.1, 0.15) is 30.9 Å². The Morgan fingerprint density at radius 3 is 2.36 bits per heavy atom. The monoisotopic (exact) mass is 454 g/mol. The molecule has 0 unspecified atom stereocenters. The van der Waals surface area contributed by atoms with Gasteiger partial charge in [-0.05, 0) is 37.8 Å². The second-order valence-electron chi connectivity index (χ2n) is 9.36. The Hall–Kier alpha value is -2.71. The molecule has 3 heterocycles. The molecule has 0 bridgehead atoms. The number of aliphatic hydroxyl groups is 1. The van der Waals surface area contributed by atoms with Gasteiger partial charge in [-0.15, -0.1) is 0 Å². The lowest BCUT2D eigenvalue weighted by molar-refractivity contribution is -0.132. The van der Waals surface area contributed by atoms with E-state index in [1.807, 2.05) is 36.9 Å². The number of hydrogen-bond acceptors (Lipinski definition) is 5. The van der Waals surface area contributed by atoms with Gasteiger partial charge in [0.05, 0.1) is 11.6 Å². The minimum absolute atomic E-state index is 0.00147. The van der Waals surface area contributed by atoms with Crippen molar-refractivity contribution in [2.24, 2.45) is 0 Å². The zero-order valence-electron chi connectivity index (χ0n) is 19.8. The summed E-state index contributed by atoms with van der Waals surface area (Å²) < 4.78 is 1.58. The van der Waals surface area contributed by atoms with E-state index in [1.165, 1.54) is 0 Å². The average molecular weight is 455 g/mol. The van der Waals surface area contributed by atoms with E-state index in [2.05, 4.69) is 4.90 Å². The first-order chi connectivity index (χ1) is 15.8. The number of aromatic nitrogens is 1. The highest BCUT2D eigenvalue weighted by Crippen LogP contribution is 2.22. The van der Waals surface area contributed by atoms with E-state index in [0.29, 0.717) is 39.0 Å². The zero-order valence-corrected chi connectivity index (χ0v) is 19.8. The minimum Gasteiger partial charge on any atom is -0.391 e. The number of likely N-dealkylation sites (tertiary alicyclic amines) is 1. The van der Waals surface area contributed by atoms with Crippen molar-refractivity contribution in [2.45, 2.75) is 52.3 Å². The van der Waals surface area contributed by atoms with Gasteiger partial charge in [-0.1, -0.05) is 18.2 Å². The summed E-state index contributed by atoms with van der Waals surface area (Å²) in [6, 6.07) is 7.48. The van der Waals surface area contributed by atoms with Crippen molar-refractivity contribution >= 4 is 22.7 Å². The molecule has 0 aliphatic carbocycles. The second-order valence-corrected chi connectivity index (χ2v) is 9.36. The maximum absolute atomic E-state index is 13.2. The van der Waals surface area contributed by atoms with Crippen molar-refractivity contribution < 1.29 is 14.7 Å². The number of rotatable bonds is 3. The molecule has 2 amide bonds. The summed E-state index contributed by atoms with van der Waals surface area (Å²) >= 11 is 0. The molecule has 2 atom stereocenters. The molecule has 8 nitrogen and oxygen atoms in total. The number of amides is 2. The first kappa shape index (κ1) is 23.4. The maximum atomic E-state index is 13.2. The Balaban J connectivity index is 1.47. The Morgan fingerprint density at radius 2 is 1.67 bits per heavy atom. The van der Waals surface area contributed by atoms with Crippen LogP contribution < -0.4 is 5.56 Å². The first-order valence-corrected chi connectivity index (χ1v) is 11.8. The molecular formula is C25H34N4O4. The van der Waals surface area contributed by atoms with Crippen LogP contribution in [0.3, 0.4) is 0 Å². The average Bonchev–Trinajstić information content (AvgIpc) is 2.98. The van der Waals surface area contributed by atoms with E-state index in [9.17, 15) is 19.5 Å². The van der Waals surface area contributed by atoms with E-state index in [0.717, 1.165) is 35.1 Å². The van der Waals surface area contributed by atoms with Crippen LogP contribution in [0.2, 0.25) is 0 Å². The van der Waals surface area contributed by atoms with Crippen LogP contribution in [0, 0.1) is 13.8 Å². The van der Waals surface area contributed by atoms with Crippen LogP contribution in [-0.4, -0.2) is 87.6 Å². The number of aryl methyl sites for hydroxylation is 2. The molecule has 0 radical (unpaired) electrons. The molecule has 178 valence electrons. The quantitative estimate of drug-likeness (QED) is 0.752. The standard InChI is InChI=1S/C25H34N4O4/c1-17-5-4-6-20-18(2)15-23(32)29(25(17)20)16-24(33)28-9-7-21(22(31)8-10-28)27-13-11-26(12-14-27)19(3)30/h4-6,15,21-22,31H,7-14,16H2,1-3H3/t21-,22-/m0/s1. The summed E-state index contributed by atoms with van der Waals surface area (Å²) in [6.07, 6.45) is 0.665. The van der Waals surface area contributed by atoms with E-state index in [-0.39, 0.29) is 30.0 Å². The van der Waals surface area contributed by atoms with Crippen LogP contribution in [-0.2, 0) is 16.1 Å². The molecule has 1 aromatic heterocycles. The van der Waals surface area contributed by atoms with Crippen LogP contribution in [0.15, 0.2) is 29.1 Å². The van der Waals surface area contributed by atoms with Crippen LogP contribution in [0.25, 0.3) is 10.9 Å². The van der Waals surface area contributed by atoms with Gasteiger partial charge in [0.1, 0.15) is 6.54 Å². The smallest absolute Gasteiger partial charge is 0.251 e. The van der Waals surface area contributed by atoms with Crippen molar-refractivity contribution in [3.63, 3.8) is 0 Å². The molecule has 1 aromatic carbocycles. The number of benzene rings is 1. The summed E-state index contributed by atoms with van der Waals surface area (Å²) in [6.45, 7) is 9.30. The number of hydrogen-bond donors (Lipinski definition) is 1. The number of pyridine rings is 1. The molecule has 4 rings (SSSR count). The van der Waals surface area contributed by atoms with Crippen molar-refractivity contribution in [1.82, 2.24) is 19.3 Å². The fourth-order valence-electron chi connectivity index (χ4n) is 5.30.